The van der Waals surface area contributed by atoms with Crippen LogP contribution in [0.5, 0.6) is 0 Å². The molecule has 3 heterocycles. The average molecular weight is 521 g/mol. The third-order valence-electron chi connectivity index (χ3n) is 7.66. The number of nitrogens with zero attached hydrogens (tertiary/aromatic N) is 1. The van der Waals surface area contributed by atoms with Crippen LogP contribution < -0.4 is 10.6 Å². The summed E-state index contributed by atoms with van der Waals surface area (Å²) in [4.78, 5) is 42.3. The van der Waals surface area contributed by atoms with Crippen molar-refractivity contribution < 1.29 is 19.1 Å². The number of amides is 3. The summed E-state index contributed by atoms with van der Waals surface area (Å²) in [5.41, 5.74) is 3.95. The standard InChI is InChI=1S/C31H28N4O4/c1-31(2,3)39-30(38)32-16-12-14-17(15-13-16)35-21-11-7-5-9-19(21)23-25-24(28(36)34-29(25)37)22-18-8-4-6-10-20(18)33-26(22)27(23)35/h4-12,14,16-17,33H,13,15H2,1-3H3,(H,32,38)(H,34,36,37). The van der Waals surface area contributed by atoms with Gasteiger partial charge in [0.25, 0.3) is 11.8 Å². The van der Waals surface area contributed by atoms with E-state index in [9.17, 15) is 14.4 Å². The van der Waals surface area contributed by atoms with Gasteiger partial charge in [0.1, 0.15) is 5.60 Å². The number of H-pyrrole nitrogens is 1. The van der Waals surface area contributed by atoms with E-state index in [1.54, 1.807) is 0 Å². The van der Waals surface area contributed by atoms with E-state index in [1.165, 1.54) is 0 Å². The number of alkyl carbamates (subject to hydrolysis) is 1. The predicted octanol–water partition coefficient (Wildman–Crippen LogP) is 6.10. The number of aromatic nitrogens is 2. The molecule has 3 aromatic carbocycles. The van der Waals surface area contributed by atoms with Crippen molar-refractivity contribution in [2.24, 2.45) is 0 Å². The van der Waals surface area contributed by atoms with Crippen LogP contribution in [-0.2, 0) is 4.74 Å². The van der Waals surface area contributed by atoms with Crippen LogP contribution in [0.1, 0.15) is 60.4 Å². The van der Waals surface area contributed by atoms with Crippen LogP contribution in [0.15, 0.2) is 60.7 Å². The van der Waals surface area contributed by atoms with Gasteiger partial charge in [-0.25, -0.2) is 4.79 Å². The first-order chi connectivity index (χ1) is 18.7. The molecule has 0 radical (unpaired) electrons. The zero-order chi connectivity index (χ0) is 27.1. The fraction of sp³-hybridized carbons (Fsp3) is 0.258. The van der Waals surface area contributed by atoms with Crippen molar-refractivity contribution in [2.45, 2.75) is 51.3 Å². The topological polar surface area (TPSA) is 105 Å². The number of nitrogens with one attached hydrogen (secondary N) is 3. The highest BCUT2D eigenvalue weighted by atomic mass is 16.6. The van der Waals surface area contributed by atoms with Gasteiger partial charge < -0.3 is 19.6 Å². The van der Waals surface area contributed by atoms with E-state index in [1.807, 2.05) is 69.3 Å². The number of fused-ring (bicyclic) bond motifs is 10. The smallest absolute Gasteiger partial charge is 0.408 e. The minimum absolute atomic E-state index is 0.0167. The molecule has 2 unspecified atom stereocenters. The summed E-state index contributed by atoms with van der Waals surface area (Å²) < 4.78 is 7.71. The number of hydrogen-bond acceptors (Lipinski definition) is 4. The van der Waals surface area contributed by atoms with Crippen LogP contribution in [0.2, 0.25) is 0 Å². The Morgan fingerprint density at radius 1 is 0.923 bits per heavy atom. The summed E-state index contributed by atoms with van der Waals surface area (Å²) in [7, 11) is 0. The highest BCUT2D eigenvalue weighted by Crippen LogP contribution is 2.45. The summed E-state index contributed by atoms with van der Waals surface area (Å²) in [6.45, 7) is 5.53. The highest BCUT2D eigenvalue weighted by molar-refractivity contribution is 6.39. The molecule has 5 aromatic rings. The molecule has 0 spiro atoms. The van der Waals surface area contributed by atoms with Crippen molar-refractivity contribution in [3.8, 4) is 0 Å². The Labute approximate surface area is 224 Å². The van der Waals surface area contributed by atoms with Crippen molar-refractivity contribution in [2.75, 3.05) is 0 Å². The number of allylic oxidation sites excluding steroid dienone is 1. The third kappa shape index (κ3) is 3.55. The maximum Gasteiger partial charge on any atom is 0.408 e. The van der Waals surface area contributed by atoms with Gasteiger partial charge in [-0.15, -0.1) is 0 Å². The molecule has 0 saturated carbocycles. The molecule has 8 heteroatoms. The van der Waals surface area contributed by atoms with Crippen LogP contribution in [0, 0.1) is 0 Å². The van der Waals surface area contributed by atoms with Gasteiger partial charge in [-0.2, -0.15) is 0 Å². The number of para-hydroxylation sites is 2. The van der Waals surface area contributed by atoms with Crippen molar-refractivity contribution in [1.29, 1.82) is 0 Å². The molecule has 196 valence electrons. The first-order valence-electron chi connectivity index (χ1n) is 13.2. The number of hydrogen-bond donors (Lipinski definition) is 3. The van der Waals surface area contributed by atoms with E-state index in [-0.39, 0.29) is 23.9 Å². The van der Waals surface area contributed by atoms with Crippen LogP contribution in [0.3, 0.4) is 0 Å². The van der Waals surface area contributed by atoms with Crippen molar-refractivity contribution in [1.82, 2.24) is 20.2 Å². The second-order valence-electron chi connectivity index (χ2n) is 11.3. The maximum absolute atomic E-state index is 13.2. The lowest BCUT2D eigenvalue weighted by molar-refractivity contribution is 0.0510. The van der Waals surface area contributed by atoms with Crippen molar-refractivity contribution in [3.05, 3.63) is 71.8 Å². The van der Waals surface area contributed by atoms with Crippen molar-refractivity contribution in [3.63, 3.8) is 0 Å². The first kappa shape index (κ1) is 23.5. The zero-order valence-corrected chi connectivity index (χ0v) is 21.9. The fourth-order valence-corrected chi connectivity index (χ4v) is 6.22. The van der Waals surface area contributed by atoms with Gasteiger partial charge in [-0.05, 0) is 45.7 Å². The molecule has 0 bridgehead atoms. The molecule has 2 aliphatic rings. The van der Waals surface area contributed by atoms with Gasteiger partial charge in [0.05, 0.1) is 34.2 Å². The number of carbonyl (C=O) groups excluding carboxylic acids is 3. The summed E-state index contributed by atoms with van der Waals surface area (Å²) in [5.74, 6) is -0.729. The van der Waals surface area contributed by atoms with Gasteiger partial charge in [-0.3, -0.25) is 14.9 Å². The fourth-order valence-electron chi connectivity index (χ4n) is 6.22. The quantitative estimate of drug-likeness (QED) is 0.193. The van der Waals surface area contributed by atoms with E-state index >= 15 is 0 Å². The number of ether oxygens (including phenoxy) is 1. The lowest BCUT2D eigenvalue weighted by atomic mass is 9.96. The normalized spacial score (nSPS) is 19.3. The first-order valence-corrected chi connectivity index (χ1v) is 13.2. The Morgan fingerprint density at radius 2 is 1.62 bits per heavy atom. The summed E-state index contributed by atoms with van der Waals surface area (Å²) >= 11 is 0. The molecular weight excluding hydrogens is 492 g/mol. The van der Waals surface area contributed by atoms with Gasteiger partial charge in [0, 0.05) is 32.6 Å². The Kier molecular flexibility index (Phi) is 4.95. The molecule has 1 aliphatic carbocycles. The largest absolute Gasteiger partial charge is 0.444 e. The molecule has 2 atom stereocenters. The highest BCUT2D eigenvalue weighted by Gasteiger charge is 2.36. The predicted molar refractivity (Wildman–Crippen MR) is 151 cm³/mol. The van der Waals surface area contributed by atoms with Crippen LogP contribution >= 0.6 is 0 Å². The Bertz CT molecular complexity index is 1900. The van der Waals surface area contributed by atoms with Gasteiger partial charge >= 0.3 is 6.09 Å². The van der Waals surface area contributed by atoms with Crippen molar-refractivity contribution >= 4 is 61.5 Å². The number of carbonyl (C=O) groups is 3. The zero-order valence-electron chi connectivity index (χ0n) is 21.9. The molecule has 7 rings (SSSR count). The Morgan fingerprint density at radius 3 is 2.33 bits per heavy atom. The maximum atomic E-state index is 13.2. The van der Waals surface area contributed by atoms with Gasteiger partial charge in [0.15, 0.2) is 0 Å². The molecule has 3 N–H and O–H groups in total. The number of benzene rings is 3. The summed E-state index contributed by atoms with van der Waals surface area (Å²) in [6.07, 6.45) is 5.20. The molecule has 8 nitrogen and oxygen atoms in total. The second kappa shape index (κ2) is 8.20. The van der Waals surface area contributed by atoms with E-state index in [0.29, 0.717) is 11.1 Å². The van der Waals surface area contributed by atoms with Crippen LogP contribution in [-0.4, -0.2) is 39.1 Å². The van der Waals surface area contributed by atoms with Crippen LogP contribution in [0.4, 0.5) is 4.79 Å². The summed E-state index contributed by atoms with van der Waals surface area (Å²) in [6, 6.07) is 15.7. The Balaban J connectivity index is 1.46. The van der Waals surface area contributed by atoms with E-state index in [0.717, 1.165) is 56.5 Å². The molecule has 0 fully saturated rings. The number of imide groups is 1. The lowest BCUT2D eigenvalue weighted by Gasteiger charge is -2.27. The number of rotatable bonds is 2. The van der Waals surface area contributed by atoms with Crippen LogP contribution in [0.25, 0.3) is 43.6 Å². The Hall–Kier alpha value is -4.59. The SMILES string of the molecule is CC(C)(C)OC(=O)NC1C=CC(n2c3ccccc3c3c4c(c5c6ccccc6[nH]c5c32)C(=O)NC4=O)CC1. The molecule has 39 heavy (non-hydrogen) atoms. The van der Waals surface area contributed by atoms with Gasteiger partial charge in [0.2, 0.25) is 0 Å². The van der Waals surface area contributed by atoms with E-state index in [4.69, 9.17) is 4.74 Å². The molecule has 3 amide bonds. The summed E-state index contributed by atoms with van der Waals surface area (Å²) in [5, 5.41) is 8.89. The molecule has 2 aromatic heterocycles. The van der Waals surface area contributed by atoms with Gasteiger partial charge in [-0.1, -0.05) is 48.6 Å². The average Bonchev–Trinajstić information content (AvgIpc) is 3.52. The monoisotopic (exact) mass is 520 g/mol. The second-order valence-corrected chi connectivity index (χ2v) is 11.3. The minimum Gasteiger partial charge on any atom is -0.444 e. The third-order valence-corrected chi connectivity index (χ3v) is 7.66. The number of aromatic amines is 1. The molecule has 0 saturated heterocycles. The molecule has 1 aliphatic heterocycles. The van der Waals surface area contributed by atoms with E-state index in [2.05, 4.69) is 32.3 Å². The minimum atomic E-state index is -0.563. The lowest BCUT2D eigenvalue weighted by Crippen LogP contribution is -2.39. The molecular formula is C31H28N4O4. The van der Waals surface area contributed by atoms with E-state index < -0.39 is 11.7 Å².